The number of carbonyl (C=O) groups excluding carboxylic acids is 1. The summed E-state index contributed by atoms with van der Waals surface area (Å²) in [6.45, 7) is 3.17. The first-order chi connectivity index (χ1) is 9.69. The number of nitrogens with zero attached hydrogens (tertiary/aromatic N) is 2. The zero-order valence-corrected chi connectivity index (χ0v) is 11.4. The van der Waals surface area contributed by atoms with Crippen molar-refractivity contribution in [3.63, 3.8) is 0 Å². The molecule has 1 aliphatic rings. The highest BCUT2D eigenvalue weighted by Crippen LogP contribution is 2.27. The average Bonchev–Trinajstić information content (AvgIpc) is 2.97. The first-order valence-corrected chi connectivity index (χ1v) is 6.86. The second-order valence-electron chi connectivity index (χ2n) is 4.94. The minimum Gasteiger partial charge on any atom is -0.492 e. The van der Waals surface area contributed by atoms with Gasteiger partial charge in [0.25, 0.3) is 0 Å². The van der Waals surface area contributed by atoms with Gasteiger partial charge in [-0.05, 0) is 25.5 Å². The maximum Gasteiger partial charge on any atom is 0.220 e. The van der Waals surface area contributed by atoms with Gasteiger partial charge in [0, 0.05) is 19.0 Å². The molecule has 6 heteroatoms. The van der Waals surface area contributed by atoms with E-state index in [4.69, 9.17) is 10.5 Å². The smallest absolute Gasteiger partial charge is 0.220 e. The molecule has 1 aliphatic heterocycles. The van der Waals surface area contributed by atoms with Gasteiger partial charge in [-0.2, -0.15) is 0 Å². The first-order valence-electron chi connectivity index (χ1n) is 6.86. The van der Waals surface area contributed by atoms with E-state index < -0.39 is 0 Å². The summed E-state index contributed by atoms with van der Waals surface area (Å²) in [5.41, 5.74) is 7.73. The second kappa shape index (κ2) is 5.03. The number of amides is 1. The minimum absolute atomic E-state index is 0.105. The number of nitrogens with two attached hydrogens (primary N) is 1. The third-order valence-corrected chi connectivity index (χ3v) is 3.56. The molecule has 0 saturated carbocycles. The number of hydrogen-bond acceptors (Lipinski definition) is 4. The van der Waals surface area contributed by atoms with Crippen molar-refractivity contribution >= 4 is 22.9 Å². The van der Waals surface area contributed by atoms with Crippen molar-refractivity contribution < 1.29 is 9.53 Å². The number of carbonyl (C=O) groups is 1. The number of fused-ring (bicyclic) bond motifs is 1. The van der Waals surface area contributed by atoms with Crippen molar-refractivity contribution in [2.75, 3.05) is 12.3 Å². The maximum atomic E-state index is 11.3. The van der Waals surface area contributed by atoms with Gasteiger partial charge in [0.2, 0.25) is 11.9 Å². The topological polar surface area (TPSA) is 82.2 Å². The molecule has 0 aliphatic carbocycles. The van der Waals surface area contributed by atoms with Gasteiger partial charge in [0.15, 0.2) is 0 Å². The van der Waals surface area contributed by atoms with Crippen LogP contribution in [0, 0.1) is 0 Å². The van der Waals surface area contributed by atoms with Crippen LogP contribution in [0.15, 0.2) is 18.2 Å². The van der Waals surface area contributed by atoms with Gasteiger partial charge >= 0.3 is 0 Å². The van der Waals surface area contributed by atoms with Crippen molar-refractivity contribution in [2.24, 2.45) is 0 Å². The second-order valence-corrected chi connectivity index (χ2v) is 4.94. The third kappa shape index (κ3) is 2.17. The molecule has 6 nitrogen and oxygen atoms in total. The van der Waals surface area contributed by atoms with E-state index in [1.807, 2.05) is 29.7 Å². The van der Waals surface area contributed by atoms with Gasteiger partial charge < -0.3 is 20.4 Å². The molecule has 1 aromatic heterocycles. The summed E-state index contributed by atoms with van der Waals surface area (Å²) in [5, 5.41) is 2.95. The number of aromatic nitrogens is 2. The highest BCUT2D eigenvalue weighted by molar-refractivity contribution is 5.84. The number of benzene rings is 1. The maximum absolute atomic E-state index is 11.3. The van der Waals surface area contributed by atoms with Crippen LogP contribution in [-0.4, -0.2) is 28.1 Å². The summed E-state index contributed by atoms with van der Waals surface area (Å²) in [4.78, 5) is 15.7. The molecule has 3 rings (SSSR count). The lowest BCUT2D eigenvalue weighted by Crippen LogP contribution is -2.29. The number of nitrogen functional groups attached to an aromatic ring is 1. The zero-order valence-electron chi connectivity index (χ0n) is 11.4. The van der Waals surface area contributed by atoms with Crippen LogP contribution >= 0.6 is 0 Å². The lowest BCUT2D eigenvalue weighted by Gasteiger charge is -2.13. The van der Waals surface area contributed by atoms with Crippen molar-refractivity contribution in [1.82, 2.24) is 14.9 Å². The normalized spacial score (nSPS) is 18.4. The van der Waals surface area contributed by atoms with Crippen LogP contribution in [0.3, 0.4) is 0 Å². The molecule has 0 spiro atoms. The van der Waals surface area contributed by atoms with Crippen LogP contribution < -0.4 is 15.8 Å². The van der Waals surface area contributed by atoms with E-state index in [9.17, 15) is 4.79 Å². The van der Waals surface area contributed by atoms with Gasteiger partial charge in [-0.25, -0.2) is 4.98 Å². The molecule has 1 amide bonds. The van der Waals surface area contributed by atoms with Gasteiger partial charge in [-0.3, -0.25) is 4.79 Å². The van der Waals surface area contributed by atoms with Crippen LogP contribution in [0.1, 0.15) is 19.8 Å². The van der Waals surface area contributed by atoms with E-state index in [0.29, 0.717) is 25.5 Å². The molecule has 0 bridgehead atoms. The minimum atomic E-state index is 0.105. The fourth-order valence-corrected chi connectivity index (χ4v) is 2.64. The number of hydrogen-bond donors (Lipinski definition) is 2. The van der Waals surface area contributed by atoms with Crippen molar-refractivity contribution in [2.45, 2.75) is 32.4 Å². The molecule has 2 aromatic rings. The van der Waals surface area contributed by atoms with Crippen LogP contribution in [0.25, 0.3) is 11.0 Å². The predicted octanol–water partition coefficient (Wildman–Crippen LogP) is 1.30. The fraction of sp³-hybridized carbons (Fsp3) is 0.429. The average molecular weight is 274 g/mol. The lowest BCUT2D eigenvalue weighted by molar-refractivity contribution is -0.119. The number of nitrogens with one attached hydrogen (secondary N) is 1. The number of anilines is 1. The van der Waals surface area contributed by atoms with E-state index in [1.165, 1.54) is 0 Å². The third-order valence-electron chi connectivity index (χ3n) is 3.56. The molecule has 20 heavy (non-hydrogen) atoms. The Morgan fingerprint density at radius 2 is 2.40 bits per heavy atom. The summed E-state index contributed by atoms with van der Waals surface area (Å²) in [6, 6.07) is 5.91. The van der Waals surface area contributed by atoms with Crippen LogP contribution in [0.2, 0.25) is 0 Å². The zero-order chi connectivity index (χ0) is 14.1. The quantitative estimate of drug-likeness (QED) is 0.880. The van der Waals surface area contributed by atoms with E-state index in [2.05, 4.69) is 10.3 Å². The molecule has 1 aromatic carbocycles. The first kappa shape index (κ1) is 12.8. The lowest BCUT2D eigenvalue weighted by atomic mass is 10.2. The van der Waals surface area contributed by atoms with Gasteiger partial charge in [-0.15, -0.1) is 0 Å². The van der Waals surface area contributed by atoms with Crippen molar-refractivity contribution in [3.05, 3.63) is 18.2 Å². The van der Waals surface area contributed by atoms with E-state index in [1.54, 1.807) is 0 Å². The Morgan fingerprint density at radius 1 is 1.55 bits per heavy atom. The molecule has 1 atom stereocenters. The predicted molar refractivity (Wildman–Crippen MR) is 76.5 cm³/mol. The molecule has 2 heterocycles. The summed E-state index contributed by atoms with van der Waals surface area (Å²) in [5.74, 6) is 1.30. The molecule has 1 unspecified atom stereocenters. The molecular weight excluding hydrogens is 256 g/mol. The molecular formula is C14H18N4O2. The number of para-hydroxylation sites is 1. The Labute approximate surface area is 116 Å². The Bertz CT molecular complexity index is 650. The summed E-state index contributed by atoms with van der Waals surface area (Å²) >= 11 is 0. The van der Waals surface area contributed by atoms with Gasteiger partial charge in [0.1, 0.15) is 11.3 Å². The number of ether oxygens (including phenoxy) is 1. The molecule has 3 N–H and O–H groups in total. The van der Waals surface area contributed by atoms with Crippen LogP contribution in [0.5, 0.6) is 5.75 Å². The Kier molecular flexibility index (Phi) is 3.22. The van der Waals surface area contributed by atoms with E-state index >= 15 is 0 Å². The molecule has 106 valence electrons. The highest BCUT2D eigenvalue weighted by Gasteiger charge is 2.23. The van der Waals surface area contributed by atoms with Crippen LogP contribution in [0.4, 0.5) is 5.95 Å². The van der Waals surface area contributed by atoms with Crippen molar-refractivity contribution in [3.8, 4) is 5.75 Å². The Morgan fingerprint density at radius 3 is 3.10 bits per heavy atom. The molecule has 1 saturated heterocycles. The SMILES string of the molecule is CCOc1cccc2c1nc(N)n2CC1CCC(=O)N1. The molecule has 1 fully saturated rings. The standard InChI is InChI=1S/C14H18N4O2/c1-2-20-11-5-3-4-10-13(11)17-14(15)18(10)8-9-6-7-12(19)16-9/h3-5,9H,2,6-8H2,1H3,(H2,15,17)(H,16,19). The van der Waals surface area contributed by atoms with Gasteiger partial charge in [0.05, 0.1) is 12.1 Å². The number of imidazole rings is 1. The Balaban J connectivity index is 1.96. The number of rotatable bonds is 4. The Hall–Kier alpha value is -2.24. The summed E-state index contributed by atoms with van der Waals surface area (Å²) in [6.07, 6.45) is 1.42. The summed E-state index contributed by atoms with van der Waals surface area (Å²) < 4.78 is 7.51. The highest BCUT2D eigenvalue weighted by atomic mass is 16.5. The fourth-order valence-electron chi connectivity index (χ4n) is 2.64. The monoisotopic (exact) mass is 274 g/mol. The largest absolute Gasteiger partial charge is 0.492 e. The summed E-state index contributed by atoms with van der Waals surface area (Å²) in [7, 11) is 0. The van der Waals surface area contributed by atoms with Gasteiger partial charge in [-0.1, -0.05) is 6.07 Å². The van der Waals surface area contributed by atoms with E-state index in [0.717, 1.165) is 23.2 Å². The van der Waals surface area contributed by atoms with E-state index in [-0.39, 0.29) is 11.9 Å². The molecule has 0 radical (unpaired) electrons. The van der Waals surface area contributed by atoms with Crippen LogP contribution in [-0.2, 0) is 11.3 Å². The van der Waals surface area contributed by atoms with Crippen molar-refractivity contribution in [1.29, 1.82) is 0 Å².